The maximum Gasteiger partial charge on any atom is 0.306 e. The average Bonchev–Trinajstić information content (AvgIpc) is 2.59. The van der Waals surface area contributed by atoms with E-state index in [1.807, 2.05) is 0 Å². The highest BCUT2D eigenvalue weighted by atomic mass is 35.5. The minimum Gasteiger partial charge on any atom is -0.463 e. The third-order valence-electron chi connectivity index (χ3n) is 3.68. The third kappa shape index (κ3) is 4.76. The lowest BCUT2D eigenvalue weighted by Gasteiger charge is -2.19. The topological polar surface area (TPSA) is 60.4 Å². The van der Waals surface area contributed by atoms with Gasteiger partial charge in [0, 0.05) is 11.5 Å². The molecule has 0 heterocycles. The van der Waals surface area contributed by atoms with Crippen molar-refractivity contribution in [2.24, 2.45) is 0 Å². The predicted octanol–water partition coefficient (Wildman–Crippen LogP) is 5.16. The van der Waals surface area contributed by atoms with Gasteiger partial charge in [-0.1, -0.05) is 59.6 Å². The molecule has 0 aliphatic carbocycles. The Hall–Kier alpha value is -1.61. The van der Waals surface area contributed by atoms with Gasteiger partial charge in [-0.2, -0.15) is 0 Å². The lowest BCUT2D eigenvalue weighted by Crippen LogP contribution is -2.20. The van der Waals surface area contributed by atoms with Crippen LogP contribution in [0.1, 0.15) is 30.6 Å². The van der Waals surface area contributed by atoms with Crippen molar-refractivity contribution in [3.63, 3.8) is 0 Å². The van der Waals surface area contributed by atoms with Crippen LogP contribution >= 0.6 is 30.3 Å². The van der Waals surface area contributed by atoms with Gasteiger partial charge in [-0.05, 0) is 26.0 Å². The van der Waals surface area contributed by atoms with Crippen LogP contribution in [0.2, 0.25) is 10.0 Å². The minimum absolute atomic E-state index is 0.0141. The second-order valence-electron chi connectivity index (χ2n) is 5.99. The Morgan fingerprint density at radius 2 is 1.58 bits per heavy atom. The summed E-state index contributed by atoms with van der Waals surface area (Å²) in [6.07, 6.45) is -0.575. The third-order valence-corrected chi connectivity index (χ3v) is 7.17. The van der Waals surface area contributed by atoms with E-state index >= 15 is 0 Å². The van der Waals surface area contributed by atoms with Gasteiger partial charge in [0.15, 0.2) is 7.14 Å². The van der Waals surface area contributed by atoms with Gasteiger partial charge in [-0.25, -0.2) is 0 Å². The Balaban J connectivity index is 2.43. The van der Waals surface area contributed by atoms with Gasteiger partial charge >= 0.3 is 5.97 Å². The molecule has 4 nitrogen and oxygen atoms in total. The standard InChI is InChI=1S/C19H19Cl2O4P/c1-13(2)25-17(22)11-12-26(24,14-7-4-3-5-8-14)19(23)18-15(20)9-6-10-16(18)21/h3-10,13H,11-12H2,1-2H3. The van der Waals surface area contributed by atoms with Crippen LogP contribution in [0.5, 0.6) is 0 Å². The molecule has 0 bridgehead atoms. The van der Waals surface area contributed by atoms with Crippen molar-refractivity contribution in [2.45, 2.75) is 26.4 Å². The second-order valence-corrected chi connectivity index (χ2v) is 9.65. The van der Waals surface area contributed by atoms with Crippen molar-refractivity contribution in [2.75, 3.05) is 6.16 Å². The molecule has 7 heteroatoms. The van der Waals surface area contributed by atoms with Crippen molar-refractivity contribution < 1.29 is 18.9 Å². The molecule has 0 aromatic heterocycles. The summed E-state index contributed by atoms with van der Waals surface area (Å²) in [5, 5.41) is 0.616. The van der Waals surface area contributed by atoms with Crippen LogP contribution in [-0.4, -0.2) is 23.8 Å². The van der Waals surface area contributed by atoms with Gasteiger partial charge in [0.05, 0.1) is 28.1 Å². The first-order chi connectivity index (χ1) is 12.3. The number of benzene rings is 2. The quantitative estimate of drug-likeness (QED) is 0.465. The largest absolute Gasteiger partial charge is 0.463 e. The molecule has 0 N–H and O–H groups in total. The van der Waals surface area contributed by atoms with Crippen molar-refractivity contribution in [1.29, 1.82) is 0 Å². The predicted molar refractivity (Wildman–Crippen MR) is 105 cm³/mol. The molecule has 1 atom stereocenters. The number of carbonyl (C=O) groups is 2. The number of hydrogen-bond donors (Lipinski definition) is 0. The molecular formula is C19H19Cl2O4P. The number of hydrogen-bond acceptors (Lipinski definition) is 4. The zero-order valence-electron chi connectivity index (χ0n) is 14.4. The number of carbonyl (C=O) groups excluding carboxylic acids is 2. The molecule has 0 amide bonds. The van der Waals surface area contributed by atoms with Crippen LogP contribution in [0.25, 0.3) is 0 Å². The lowest BCUT2D eigenvalue weighted by molar-refractivity contribution is -0.146. The first-order valence-electron chi connectivity index (χ1n) is 8.09. The van der Waals surface area contributed by atoms with Gasteiger partial charge in [0.2, 0.25) is 5.52 Å². The molecule has 2 aromatic rings. The molecule has 26 heavy (non-hydrogen) atoms. The van der Waals surface area contributed by atoms with Crippen LogP contribution in [-0.2, 0) is 14.1 Å². The first-order valence-corrected chi connectivity index (χ1v) is 10.7. The highest BCUT2D eigenvalue weighted by Crippen LogP contribution is 2.50. The molecular weight excluding hydrogens is 394 g/mol. The summed E-state index contributed by atoms with van der Waals surface area (Å²) in [5.74, 6) is -0.505. The molecule has 0 saturated heterocycles. The van der Waals surface area contributed by atoms with Gasteiger partial charge in [0.1, 0.15) is 0 Å². The van der Waals surface area contributed by atoms with Gasteiger partial charge < -0.3 is 9.30 Å². The van der Waals surface area contributed by atoms with Crippen molar-refractivity contribution in [1.82, 2.24) is 0 Å². The van der Waals surface area contributed by atoms with E-state index in [0.717, 1.165) is 0 Å². The summed E-state index contributed by atoms with van der Waals surface area (Å²) in [6.45, 7) is 3.45. The Bertz CT molecular complexity index is 830. The van der Waals surface area contributed by atoms with E-state index in [9.17, 15) is 14.2 Å². The number of rotatable bonds is 7. The van der Waals surface area contributed by atoms with Gasteiger partial charge in [0.25, 0.3) is 0 Å². The van der Waals surface area contributed by atoms with Crippen LogP contribution in [0.4, 0.5) is 0 Å². The first kappa shape index (κ1) is 20.7. The lowest BCUT2D eigenvalue weighted by atomic mass is 10.2. The summed E-state index contributed by atoms with van der Waals surface area (Å²) in [7, 11) is -3.64. The molecule has 0 fully saturated rings. The highest BCUT2D eigenvalue weighted by Gasteiger charge is 2.37. The fraction of sp³-hybridized carbons (Fsp3) is 0.263. The van der Waals surface area contributed by atoms with E-state index in [0.29, 0.717) is 5.30 Å². The minimum atomic E-state index is -3.64. The van der Waals surface area contributed by atoms with Crippen LogP contribution in [0, 0.1) is 0 Å². The Labute approximate surface area is 162 Å². The van der Waals surface area contributed by atoms with Crippen molar-refractivity contribution in [3.05, 3.63) is 64.1 Å². The van der Waals surface area contributed by atoms with E-state index in [1.54, 1.807) is 50.2 Å². The number of ether oxygens (including phenoxy) is 1. The summed E-state index contributed by atoms with van der Waals surface area (Å²) >= 11 is 12.3. The van der Waals surface area contributed by atoms with E-state index in [4.69, 9.17) is 27.9 Å². The van der Waals surface area contributed by atoms with E-state index in [-0.39, 0.29) is 34.3 Å². The monoisotopic (exact) mass is 412 g/mol. The van der Waals surface area contributed by atoms with Crippen LogP contribution in [0.15, 0.2) is 48.5 Å². The molecule has 138 valence electrons. The SMILES string of the molecule is CC(C)OC(=O)CCP(=O)(C(=O)c1c(Cl)cccc1Cl)c1ccccc1. The molecule has 0 spiro atoms. The molecule has 1 unspecified atom stereocenters. The molecule has 0 aliphatic heterocycles. The maximum absolute atomic E-state index is 13.7. The van der Waals surface area contributed by atoms with Gasteiger partial charge in [-0.15, -0.1) is 0 Å². The summed E-state index contributed by atoms with van der Waals surface area (Å²) in [5.41, 5.74) is -0.642. The highest BCUT2D eigenvalue weighted by molar-refractivity contribution is 7.87. The zero-order valence-corrected chi connectivity index (χ0v) is 16.9. The van der Waals surface area contributed by atoms with E-state index in [2.05, 4.69) is 0 Å². The Morgan fingerprint density at radius 1 is 1.00 bits per heavy atom. The van der Waals surface area contributed by atoms with E-state index in [1.165, 1.54) is 12.1 Å². The zero-order chi connectivity index (χ0) is 19.3. The smallest absolute Gasteiger partial charge is 0.306 e. The maximum atomic E-state index is 13.7. The van der Waals surface area contributed by atoms with Gasteiger partial charge in [-0.3, -0.25) is 9.59 Å². The molecule has 2 aromatic carbocycles. The average molecular weight is 413 g/mol. The summed E-state index contributed by atoms with van der Waals surface area (Å²) in [4.78, 5) is 25.1. The normalized spacial score (nSPS) is 13.3. The Morgan fingerprint density at radius 3 is 2.12 bits per heavy atom. The number of halogens is 2. The van der Waals surface area contributed by atoms with Crippen molar-refractivity contribution in [3.8, 4) is 0 Å². The fourth-order valence-electron chi connectivity index (χ4n) is 2.47. The molecule has 0 radical (unpaired) electrons. The van der Waals surface area contributed by atoms with Crippen molar-refractivity contribution >= 4 is 47.1 Å². The van der Waals surface area contributed by atoms with E-state index < -0.39 is 18.6 Å². The molecule has 0 saturated carbocycles. The second kappa shape index (κ2) is 8.85. The summed E-state index contributed by atoms with van der Waals surface area (Å²) < 4.78 is 18.8. The number of esters is 1. The van der Waals surface area contributed by atoms with Crippen LogP contribution in [0.3, 0.4) is 0 Å². The molecule has 0 aliphatic rings. The van der Waals surface area contributed by atoms with Crippen LogP contribution < -0.4 is 5.30 Å². The Kier molecular flexibility index (Phi) is 7.05. The fourth-order valence-corrected chi connectivity index (χ4v) is 5.62. The molecule has 2 rings (SSSR count). The summed E-state index contributed by atoms with van der Waals surface area (Å²) in [6, 6.07) is 13.0.